The lowest BCUT2D eigenvalue weighted by molar-refractivity contribution is 0.0633. The number of hydrogen-bond donors (Lipinski definition) is 1. The summed E-state index contributed by atoms with van der Waals surface area (Å²) in [7, 11) is 0. The molecule has 0 saturated carbocycles. The Labute approximate surface area is 181 Å². The van der Waals surface area contributed by atoms with E-state index in [0.717, 1.165) is 25.1 Å². The van der Waals surface area contributed by atoms with Crippen LogP contribution in [0.3, 0.4) is 0 Å². The van der Waals surface area contributed by atoms with Crippen LogP contribution in [0.5, 0.6) is 5.75 Å². The zero-order valence-electron chi connectivity index (χ0n) is 17.2. The van der Waals surface area contributed by atoms with Crippen molar-refractivity contribution in [3.8, 4) is 5.75 Å². The van der Waals surface area contributed by atoms with E-state index in [9.17, 15) is 9.59 Å². The van der Waals surface area contributed by atoms with Gasteiger partial charge in [-0.25, -0.2) is 0 Å². The van der Waals surface area contributed by atoms with Gasteiger partial charge in [-0.15, -0.1) is 0 Å². The van der Waals surface area contributed by atoms with Crippen molar-refractivity contribution in [2.24, 2.45) is 5.92 Å². The van der Waals surface area contributed by atoms with Crippen LogP contribution in [0.4, 0.5) is 5.69 Å². The topological polar surface area (TPSA) is 71.5 Å². The smallest absolute Gasteiger partial charge is 0.257 e. The number of amides is 2. The number of nitrogens with zero attached hydrogens (tertiary/aromatic N) is 2. The second-order valence-corrected chi connectivity index (χ2v) is 7.66. The number of likely N-dealkylation sites (tertiary alicyclic amines) is 1. The first-order valence-corrected chi connectivity index (χ1v) is 10.5. The van der Waals surface area contributed by atoms with Crippen molar-refractivity contribution in [3.05, 3.63) is 90.3 Å². The standard InChI is InChI=1S/C25H25N3O3/c29-24(21-9-5-13-26-16-21)27-22-10-4-8-20(15-22)25(30)28-14-6-7-19(17-28)18-31-23-11-2-1-3-12-23/h1-5,8-13,15-16,19H,6-7,14,17-18H2,(H,27,29). The van der Waals surface area contributed by atoms with Gasteiger partial charge in [-0.2, -0.15) is 0 Å². The van der Waals surface area contributed by atoms with Gasteiger partial charge < -0.3 is 15.0 Å². The second-order valence-electron chi connectivity index (χ2n) is 7.66. The first-order chi connectivity index (χ1) is 15.2. The molecule has 6 nitrogen and oxygen atoms in total. The van der Waals surface area contributed by atoms with Crippen LogP contribution in [0.25, 0.3) is 0 Å². The first-order valence-electron chi connectivity index (χ1n) is 10.5. The van der Waals surface area contributed by atoms with Crippen molar-refractivity contribution < 1.29 is 14.3 Å². The first kappa shape index (κ1) is 20.6. The number of carbonyl (C=O) groups is 2. The monoisotopic (exact) mass is 415 g/mol. The van der Waals surface area contributed by atoms with Gasteiger partial charge in [0.25, 0.3) is 11.8 Å². The van der Waals surface area contributed by atoms with E-state index in [4.69, 9.17) is 4.74 Å². The van der Waals surface area contributed by atoms with Crippen LogP contribution in [0, 0.1) is 5.92 Å². The molecule has 0 spiro atoms. The van der Waals surface area contributed by atoms with Crippen LogP contribution >= 0.6 is 0 Å². The number of ether oxygens (including phenoxy) is 1. The normalized spacial score (nSPS) is 15.9. The fraction of sp³-hybridized carbons (Fsp3) is 0.240. The van der Waals surface area contributed by atoms with Crippen molar-refractivity contribution in [1.29, 1.82) is 0 Å². The van der Waals surface area contributed by atoms with E-state index in [1.54, 1.807) is 42.6 Å². The average Bonchev–Trinajstić information content (AvgIpc) is 2.84. The highest BCUT2D eigenvalue weighted by Gasteiger charge is 2.25. The Morgan fingerprint density at radius 1 is 1.03 bits per heavy atom. The summed E-state index contributed by atoms with van der Waals surface area (Å²) >= 11 is 0. The lowest BCUT2D eigenvalue weighted by atomic mass is 9.98. The third kappa shape index (κ3) is 5.48. The number of rotatable bonds is 6. The van der Waals surface area contributed by atoms with Gasteiger partial charge in [0.05, 0.1) is 12.2 Å². The molecule has 1 aliphatic heterocycles. The number of carbonyl (C=O) groups excluding carboxylic acids is 2. The number of nitrogens with one attached hydrogen (secondary N) is 1. The van der Waals surface area contributed by atoms with E-state index in [-0.39, 0.29) is 11.8 Å². The zero-order chi connectivity index (χ0) is 21.5. The fourth-order valence-corrected chi connectivity index (χ4v) is 3.73. The van der Waals surface area contributed by atoms with Crippen LogP contribution in [-0.2, 0) is 0 Å². The molecule has 1 N–H and O–H groups in total. The maximum absolute atomic E-state index is 13.1. The number of para-hydroxylation sites is 1. The molecular weight excluding hydrogens is 390 g/mol. The van der Waals surface area contributed by atoms with E-state index in [0.29, 0.717) is 35.9 Å². The molecule has 4 rings (SSSR count). The minimum Gasteiger partial charge on any atom is -0.493 e. The fourth-order valence-electron chi connectivity index (χ4n) is 3.73. The van der Waals surface area contributed by atoms with E-state index >= 15 is 0 Å². The molecule has 1 fully saturated rings. The molecule has 0 aliphatic carbocycles. The Hall–Kier alpha value is -3.67. The van der Waals surface area contributed by atoms with Gasteiger partial charge in [-0.3, -0.25) is 14.6 Å². The Balaban J connectivity index is 1.37. The number of anilines is 1. The summed E-state index contributed by atoms with van der Waals surface area (Å²) in [5, 5.41) is 2.83. The lowest BCUT2D eigenvalue weighted by Crippen LogP contribution is -2.41. The Kier molecular flexibility index (Phi) is 6.57. The molecule has 0 bridgehead atoms. The summed E-state index contributed by atoms with van der Waals surface area (Å²) in [5.74, 6) is 0.866. The van der Waals surface area contributed by atoms with Crippen LogP contribution in [0.2, 0.25) is 0 Å². The molecule has 2 heterocycles. The average molecular weight is 415 g/mol. The Morgan fingerprint density at radius 3 is 2.68 bits per heavy atom. The third-order valence-electron chi connectivity index (χ3n) is 5.33. The van der Waals surface area contributed by atoms with Crippen molar-refractivity contribution in [3.63, 3.8) is 0 Å². The van der Waals surface area contributed by atoms with E-state index in [2.05, 4.69) is 10.3 Å². The minimum absolute atomic E-state index is 0.0260. The summed E-state index contributed by atoms with van der Waals surface area (Å²) in [4.78, 5) is 31.3. The molecular formula is C25H25N3O3. The van der Waals surface area contributed by atoms with Crippen LogP contribution in [0.15, 0.2) is 79.1 Å². The molecule has 1 unspecified atom stereocenters. The Bertz CT molecular complexity index is 1020. The van der Waals surface area contributed by atoms with Gasteiger partial charge in [-0.1, -0.05) is 24.3 Å². The van der Waals surface area contributed by atoms with Gasteiger partial charge in [0.1, 0.15) is 5.75 Å². The highest BCUT2D eigenvalue weighted by molar-refractivity contribution is 6.04. The van der Waals surface area contributed by atoms with Crippen LogP contribution < -0.4 is 10.1 Å². The molecule has 6 heteroatoms. The number of aromatic nitrogens is 1. The minimum atomic E-state index is -0.256. The molecule has 1 atom stereocenters. The maximum Gasteiger partial charge on any atom is 0.257 e. The van der Waals surface area contributed by atoms with E-state index in [1.165, 1.54) is 6.20 Å². The highest BCUT2D eigenvalue weighted by atomic mass is 16.5. The van der Waals surface area contributed by atoms with Crippen LogP contribution in [-0.4, -0.2) is 41.4 Å². The molecule has 1 saturated heterocycles. The van der Waals surface area contributed by atoms with E-state index in [1.807, 2.05) is 35.2 Å². The van der Waals surface area contributed by atoms with Gasteiger partial charge >= 0.3 is 0 Å². The number of pyridine rings is 1. The lowest BCUT2D eigenvalue weighted by Gasteiger charge is -2.32. The van der Waals surface area contributed by atoms with Crippen molar-refractivity contribution in [1.82, 2.24) is 9.88 Å². The summed E-state index contributed by atoms with van der Waals surface area (Å²) in [6, 6.07) is 20.2. The zero-order valence-corrected chi connectivity index (χ0v) is 17.2. The van der Waals surface area contributed by atoms with Gasteiger partial charge in [0.2, 0.25) is 0 Å². The number of piperidine rings is 1. The Morgan fingerprint density at radius 2 is 1.87 bits per heavy atom. The molecule has 0 radical (unpaired) electrons. The summed E-state index contributed by atoms with van der Waals surface area (Å²) < 4.78 is 5.89. The third-order valence-corrected chi connectivity index (χ3v) is 5.33. The van der Waals surface area contributed by atoms with Crippen LogP contribution in [0.1, 0.15) is 33.6 Å². The molecule has 31 heavy (non-hydrogen) atoms. The highest BCUT2D eigenvalue weighted by Crippen LogP contribution is 2.21. The van der Waals surface area contributed by atoms with Crippen molar-refractivity contribution >= 4 is 17.5 Å². The quantitative estimate of drug-likeness (QED) is 0.653. The molecule has 1 aromatic heterocycles. The van der Waals surface area contributed by atoms with Gasteiger partial charge in [-0.05, 0) is 55.3 Å². The number of hydrogen-bond acceptors (Lipinski definition) is 4. The van der Waals surface area contributed by atoms with E-state index < -0.39 is 0 Å². The summed E-state index contributed by atoms with van der Waals surface area (Å²) in [6.45, 7) is 1.99. The summed E-state index contributed by atoms with van der Waals surface area (Å²) in [5.41, 5.74) is 1.62. The second kappa shape index (κ2) is 9.89. The van der Waals surface area contributed by atoms with Gasteiger partial charge in [0.15, 0.2) is 0 Å². The molecule has 1 aliphatic rings. The summed E-state index contributed by atoms with van der Waals surface area (Å²) in [6.07, 6.45) is 5.12. The van der Waals surface area contributed by atoms with Crippen molar-refractivity contribution in [2.75, 3.05) is 25.0 Å². The van der Waals surface area contributed by atoms with Crippen molar-refractivity contribution in [2.45, 2.75) is 12.8 Å². The molecule has 2 amide bonds. The molecule has 2 aromatic carbocycles. The van der Waals surface area contributed by atoms with Gasteiger partial charge in [0, 0.05) is 42.7 Å². The number of benzene rings is 2. The predicted octanol–water partition coefficient (Wildman–Crippen LogP) is 4.27. The largest absolute Gasteiger partial charge is 0.493 e. The maximum atomic E-state index is 13.1. The predicted molar refractivity (Wildman–Crippen MR) is 119 cm³/mol. The molecule has 158 valence electrons. The SMILES string of the molecule is O=C(Nc1cccc(C(=O)N2CCCC(COc3ccccc3)C2)c1)c1cccnc1. The molecule has 3 aromatic rings.